The first-order chi connectivity index (χ1) is 13.1. The van der Waals surface area contributed by atoms with Gasteiger partial charge in [-0.1, -0.05) is 31.2 Å². The summed E-state index contributed by atoms with van der Waals surface area (Å²) in [7, 11) is 0. The van der Waals surface area contributed by atoms with Crippen molar-refractivity contribution in [2.75, 3.05) is 13.1 Å². The van der Waals surface area contributed by atoms with Gasteiger partial charge in [-0.3, -0.25) is 9.69 Å². The molecule has 1 aliphatic rings. The van der Waals surface area contributed by atoms with Gasteiger partial charge in [0.15, 0.2) is 6.10 Å². The molecule has 0 aliphatic carbocycles. The van der Waals surface area contributed by atoms with E-state index >= 15 is 0 Å². The summed E-state index contributed by atoms with van der Waals surface area (Å²) in [4.78, 5) is 14.9. The van der Waals surface area contributed by atoms with E-state index in [4.69, 9.17) is 4.74 Å². The summed E-state index contributed by atoms with van der Waals surface area (Å²) in [5.41, 5.74) is 2.36. The van der Waals surface area contributed by atoms with Gasteiger partial charge in [0, 0.05) is 13.1 Å². The second-order valence-electron chi connectivity index (χ2n) is 6.99. The van der Waals surface area contributed by atoms with Gasteiger partial charge in [-0.2, -0.15) is 0 Å². The van der Waals surface area contributed by atoms with Crippen molar-refractivity contribution < 1.29 is 13.9 Å². The summed E-state index contributed by atoms with van der Waals surface area (Å²) in [5.74, 6) is 0.000613. The fraction of sp³-hybridized carbons (Fsp3) is 0.409. The van der Waals surface area contributed by atoms with Crippen LogP contribution in [0.1, 0.15) is 37.3 Å². The van der Waals surface area contributed by atoms with Crippen molar-refractivity contribution in [3.63, 3.8) is 0 Å². The Balaban J connectivity index is 1.48. The first kappa shape index (κ1) is 19.4. The molecule has 5 heteroatoms. The molecule has 0 spiro atoms. The number of carbonyl (C=O) groups is 1. The minimum atomic E-state index is -0.593. The second-order valence-corrected chi connectivity index (χ2v) is 6.99. The maximum atomic E-state index is 13.0. The third-order valence-electron chi connectivity index (χ3n) is 4.85. The molecule has 4 nitrogen and oxygen atoms in total. The highest BCUT2D eigenvalue weighted by Crippen LogP contribution is 2.15. The van der Waals surface area contributed by atoms with Gasteiger partial charge >= 0.3 is 0 Å². The molecular formula is C22H27FN2O2. The van der Waals surface area contributed by atoms with Gasteiger partial charge in [0.25, 0.3) is 5.91 Å². The van der Waals surface area contributed by atoms with Gasteiger partial charge in [-0.05, 0) is 67.7 Å². The lowest BCUT2D eigenvalue weighted by molar-refractivity contribution is -0.128. The number of nitrogens with one attached hydrogen (secondary N) is 1. The maximum Gasteiger partial charge on any atom is 0.261 e. The molecule has 3 rings (SSSR count). The average molecular weight is 370 g/mol. The normalized spacial score (nSPS) is 15.5. The first-order valence-corrected chi connectivity index (χ1v) is 9.64. The predicted octanol–water partition coefficient (Wildman–Crippen LogP) is 3.90. The maximum absolute atomic E-state index is 13.0. The molecule has 0 aromatic heterocycles. The molecule has 1 N–H and O–H groups in total. The van der Waals surface area contributed by atoms with Crippen LogP contribution in [0.2, 0.25) is 0 Å². The molecule has 144 valence electrons. The van der Waals surface area contributed by atoms with E-state index in [-0.39, 0.29) is 11.7 Å². The fourth-order valence-electron chi connectivity index (χ4n) is 3.26. The topological polar surface area (TPSA) is 41.6 Å². The van der Waals surface area contributed by atoms with Crippen LogP contribution in [0.4, 0.5) is 4.39 Å². The van der Waals surface area contributed by atoms with Crippen LogP contribution in [0.25, 0.3) is 0 Å². The molecule has 1 aliphatic heterocycles. The number of benzene rings is 2. The van der Waals surface area contributed by atoms with E-state index in [2.05, 4.69) is 34.5 Å². The molecule has 0 radical (unpaired) electrons. The van der Waals surface area contributed by atoms with E-state index in [0.29, 0.717) is 18.7 Å². The molecule has 2 aromatic rings. The van der Waals surface area contributed by atoms with E-state index in [1.165, 1.54) is 55.8 Å². The highest BCUT2D eigenvalue weighted by atomic mass is 19.1. The molecule has 2 aromatic carbocycles. The van der Waals surface area contributed by atoms with Gasteiger partial charge in [0.05, 0.1) is 0 Å². The van der Waals surface area contributed by atoms with Crippen molar-refractivity contribution in [3.05, 3.63) is 65.5 Å². The second kappa shape index (κ2) is 9.51. The molecular weight excluding hydrogens is 343 g/mol. The van der Waals surface area contributed by atoms with E-state index < -0.39 is 6.10 Å². The van der Waals surface area contributed by atoms with Gasteiger partial charge in [0.1, 0.15) is 11.6 Å². The van der Waals surface area contributed by atoms with Crippen molar-refractivity contribution in [1.82, 2.24) is 10.2 Å². The summed E-state index contributed by atoms with van der Waals surface area (Å²) in [6.07, 6.45) is 2.54. The lowest BCUT2D eigenvalue weighted by atomic mass is 10.1. The Morgan fingerprint density at radius 1 is 1.07 bits per heavy atom. The Hall–Kier alpha value is -2.40. The number of amides is 1. The molecule has 0 saturated carbocycles. The fourth-order valence-corrected chi connectivity index (χ4v) is 3.26. The number of likely N-dealkylation sites (tertiary alicyclic amines) is 1. The third kappa shape index (κ3) is 5.79. The van der Waals surface area contributed by atoms with E-state index in [1.54, 1.807) is 0 Å². The summed E-state index contributed by atoms with van der Waals surface area (Å²) < 4.78 is 18.7. The van der Waals surface area contributed by atoms with Gasteiger partial charge in [-0.15, -0.1) is 0 Å². The van der Waals surface area contributed by atoms with Crippen LogP contribution in [0.15, 0.2) is 48.5 Å². The van der Waals surface area contributed by atoms with E-state index in [1.807, 2.05) is 6.92 Å². The Morgan fingerprint density at radius 2 is 1.70 bits per heavy atom. The highest BCUT2D eigenvalue weighted by Gasteiger charge is 2.18. The zero-order valence-corrected chi connectivity index (χ0v) is 15.8. The number of halogens is 1. The summed E-state index contributed by atoms with van der Waals surface area (Å²) >= 11 is 0. The summed E-state index contributed by atoms with van der Waals surface area (Å²) in [6, 6.07) is 14.1. The van der Waals surface area contributed by atoms with Crippen LogP contribution in [0.5, 0.6) is 5.75 Å². The van der Waals surface area contributed by atoms with Gasteiger partial charge in [0.2, 0.25) is 0 Å². The lowest BCUT2D eigenvalue weighted by Gasteiger charge is -2.17. The minimum absolute atomic E-state index is 0.164. The minimum Gasteiger partial charge on any atom is -0.481 e. The van der Waals surface area contributed by atoms with Crippen LogP contribution in [0, 0.1) is 5.82 Å². The molecule has 1 saturated heterocycles. The van der Waals surface area contributed by atoms with Crippen LogP contribution in [0.3, 0.4) is 0 Å². The van der Waals surface area contributed by atoms with Crippen LogP contribution in [-0.4, -0.2) is 30.0 Å². The van der Waals surface area contributed by atoms with Crippen LogP contribution in [-0.2, 0) is 17.9 Å². The SMILES string of the molecule is CC[C@H](Oc1ccc(F)cc1)C(=O)NCc1ccc(CN2CCCC2)cc1. The molecule has 27 heavy (non-hydrogen) atoms. The van der Waals surface area contributed by atoms with Gasteiger partial charge in [-0.25, -0.2) is 4.39 Å². The Morgan fingerprint density at radius 3 is 2.33 bits per heavy atom. The number of carbonyl (C=O) groups excluding carboxylic acids is 1. The molecule has 1 heterocycles. The molecule has 0 unspecified atom stereocenters. The van der Waals surface area contributed by atoms with Crippen LogP contribution < -0.4 is 10.1 Å². The Labute approximate surface area is 160 Å². The van der Waals surface area contributed by atoms with Crippen molar-refractivity contribution in [1.29, 1.82) is 0 Å². The standard InChI is InChI=1S/C22H27FN2O2/c1-2-21(27-20-11-9-19(23)10-12-20)22(26)24-15-17-5-7-18(8-6-17)16-25-13-3-4-14-25/h5-12,21H,2-4,13-16H2,1H3,(H,24,26)/t21-/m0/s1. The quantitative estimate of drug-likeness (QED) is 0.766. The third-order valence-corrected chi connectivity index (χ3v) is 4.85. The largest absolute Gasteiger partial charge is 0.481 e. The predicted molar refractivity (Wildman–Crippen MR) is 104 cm³/mol. The monoisotopic (exact) mass is 370 g/mol. The summed E-state index contributed by atoms with van der Waals surface area (Å²) in [5, 5.41) is 2.93. The number of ether oxygens (including phenoxy) is 1. The zero-order valence-electron chi connectivity index (χ0n) is 15.8. The van der Waals surface area contributed by atoms with Crippen LogP contribution >= 0.6 is 0 Å². The number of nitrogens with zero attached hydrogens (tertiary/aromatic N) is 1. The molecule has 1 amide bonds. The van der Waals surface area contributed by atoms with Crippen molar-refractivity contribution in [2.24, 2.45) is 0 Å². The Kier molecular flexibility index (Phi) is 6.82. The lowest BCUT2D eigenvalue weighted by Crippen LogP contribution is -2.37. The van der Waals surface area contributed by atoms with E-state index in [0.717, 1.165) is 12.1 Å². The molecule has 1 fully saturated rings. The number of hydrogen-bond acceptors (Lipinski definition) is 3. The summed E-state index contributed by atoms with van der Waals surface area (Å²) in [6.45, 7) is 5.72. The van der Waals surface area contributed by atoms with Gasteiger partial charge < -0.3 is 10.1 Å². The molecule has 1 atom stereocenters. The zero-order chi connectivity index (χ0) is 19.1. The average Bonchev–Trinajstić information content (AvgIpc) is 3.20. The van der Waals surface area contributed by atoms with E-state index in [9.17, 15) is 9.18 Å². The Bertz CT molecular complexity index is 725. The first-order valence-electron chi connectivity index (χ1n) is 9.64. The van der Waals surface area contributed by atoms with Crippen molar-refractivity contribution in [2.45, 2.75) is 45.4 Å². The van der Waals surface area contributed by atoms with Crippen molar-refractivity contribution in [3.8, 4) is 5.75 Å². The number of rotatable bonds is 8. The smallest absolute Gasteiger partial charge is 0.261 e. The number of hydrogen-bond donors (Lipinski definition) is 1. The molecule has 0 bridgehead atoms. The highest BCUT2D eigenvalue weighted by molar-refractivity contribution is 5.81. The van der Waals surface area contributed by atoms with Crippen molar-refractivity contribution >= 4 is 5.91 Å².